The van der Waals surface area contributed by atoms with Crippen LogP contribution in [0.5, 0.6) is 0 Å². The van der Waals surface area contributed by atoms with Crippen LogP contribution in [0.2, 0.25) is 0 Å². The molecular formula is C18H16N2. The monoisotopic (exact) mass is 266 g/mol. The lowest BCUT2D eigenvalue weighted by Gasteiger charge is -2.08. The number of hydrogen-bond acceptors (Lipinski definition) is 2. The SMILES string of the molecule is [2H]C([2H])([2H])c1ccc(-c2ccc(C([2H])([2H])[2H])c(-c3ccccc3)n2)nc1. The number of rotatable bonds is 2. The summed E-state index contributed by atoms with van der Waals surface area (Å²) in [5.74, 6) is 0. The maximum atomic E-state index is 7.75. The third-order valence-electron chi connectivity index (χ3n) is 2.97. The lowest BCUT2D eigenvalue weighted by Crippen LogP contribution is -1.93. The van der Waals surface area contributed by atoms with Gasteiger partial charge in [-0.1, -0.05) is 42.5 Å². The molecule has 0 aliphatic rings. The second-order valence-corrected chi connectivity index (χ2v) is 4.39. The van der Waals surface area contributed by atoms with Crippen molar-refractivity contribution in [1.82, 2.24) is 9.97 Å². The van der Waals surface area contributed by atoms with Gasteiger partial charge in [-0.05, 0) is 37.0 Å². The Morgan fingerprint density at radius 1 is 0.850 bits per heavy atom. The molecule has 0 saturated heterocycles. The predicted molar refractivity (Wildman–Crippen MR) is 82.4 cm³/mol. The van der Waals surface area contributed by atoms with E-state index in [4.69, 9.17) is 8.22 Å². The van der Waals surface area contributed by atoms with Crippen LogP contribution in [0, 0.1) is 13.7 Å². The maximum Gasteiger partial charge on any atom is 0.0893 e. The third-order valence-corrected chi connectivity index (χ3v) is 2.97. The smallest absolute Gasteiger partial charge is 0.0893 e. The molecule has 0 radical (unpaired) electrons. The maximum absolute atomic E-state index is 7.75. The summed E-state index contributed by atoms with van der Waals surface area (Å²) >= 11 is 0. The second kappa shape index (κ2) is 5.25. The van der Waals surface area contributed by atoms with E-state index < -0.39 is 13.7 Å². The first-order valence-corrected chi connectivity index (χ1v) is 6.20. The number of aromatic nitrogens is 2. The Balaban J connectivity index is 2.10. The standard InChI is InChI=1S/C18H16N2/c1-13-8-10-16(19-12-13)17-11-9-14(2)18(20-17)15-6-4-3-5-7-15/h3-12H,1-2H3/i1D3,2D3. The van der Waals surface area contributed by atoms with Crippen molar-refractivity contribution < 1.29 is 8.22 Å². The van der Waals surface area contributed by atoms with Crippen molar-refractivity contribution in [3.8, 4) is 22.6 Å². The molecule has 2 nitrogen and oxygen atoms in total. The molecule has 0 N–H and O–H groups in total. The van der Waals surface area contributed by atoms with Gasteiger partial charge < -0.3 is 0 Å². The Bertz CT molecular complexity index is 900. The Morgan fingerprint density at radius 2 is 1.70 bits per heavy atom. The Morgan fingerprint density at radius 3 is 2.40 bits per heavy atom. The van der Waals surface area contributed by atoms with Crippen LogP contribution in [0.1, 0.15) is 19.4 Å². The fourth-order valence-corrected chi connectivity index (χ4v) is 1.96. The molecule has 0 aliphatic carbocycles. The average Bonchev–Trinajstić information content (AvgIpc) is 2.60. The van der Waals surface area contributed by atoms with E-state index in [-0.39, 0.29) is 11.1 Å². The van der Waals surface area contributed by atoms with Crippen LogP contribution in [-0.4, -0.2) is 9.97 Å². The number of nitrogens with zero attached hydrogens (tertiary/aromatic N) is 2. The number of pyridine rings is 2. The van der Waals surface area contributed by atoms with Gasteiger partial charge in [0, 0.05) is 20.0 Å². The molecule has 20 heavy (non-hydrogen) atoms. The van der Waals surface area contributed by atoms with E-state index in [1.165, 1.54) is 18.3 Å². The third kappa shape index (κ3) is 2.45. The molecule has 3 rings (SSSR count). The number of benzene rings is 1. The quantitative estimate of drug-likeness (QED) is 0.686. The molecule has 3 aromatic rings. The van der Waals surface area contributed by atoms with Crippen molar-refractivity contribution in [3.63, 3.8) is 0 Å². The molecule has 0 saturated carbocycles. The molecule has 0 aliphatic heterocycles. The second-order valence-electron chi connectivity index (χ2n) is 4.39. The minimum absolute atomic E-state index is 0.142. The van der Waals surface area contributed by atoms with E-state index in [2.05, 4.69) is 9.97 Å². The van der Waals surface area contributed by atoms with E-state index >= 15 is 0 Å². The van der Waals surface area contributed by atoms with Crippen molar-refractivity contribution >= 4 is 0 Å². The molecule has 0 amide bonds. The molecule has 0 unspecified atom stereocenters. The highest BCUT2D eigenvalue weighted by Crippen LogP contribution is 2.24. The van der Waals surface area contributed by atoms with E-state index in [0.717, 1.165) is 0 Å². The molecule has 0 fully saturated rings. The van der Waals surface area contributed by atoms with Crippen LogP contribution < -0.4 is 0 Å². The van der Waals surface area contributed by atoms with Crippen LogP contribution >= 0.6 is 0 Å². The first-order chi connectivity index (χ1) is 12.2. The van der Waals surface area contributed by atoms with Crippen LogP contribution in [0.3, 0.4) is 0 Å². The van der Waals surface area contributed by atoms with E-state index in [1.54, 1.807) is 24.3 Å². The lowest BCUT2D eigenvalue weighted by atomic mass is 10.1. The minimum Gasteiger partial charge on any atom is -0.254 e. The summed E-state index contributed by atoms with van der Waals surface area (Å²) in [4.78, 5) is 8.69. The van der Waals surface area contributed by atoms with Gasteiger partial charge in [0.1, 0.15) is 0 Å². The van der Waals surface area contributed by atoms with Crippen molar-refractivity contribution in [2.75, 3.05) is 0 Å². The summed E-state index contributed by atoms with van der Waals surface area (Å²) in [6.07, 6.45) is 1.30. The largest absolute Gasteiger partial charge is 0.254 e. The highest BCUT2D eigenvalue weighted by atomic mass is 14.8. The molecule has 0 bridgehead atoms. The Labute approximate surface area is 127 Å². The summed E-state index contributed by atoms with van der Waals surface area (Å²) in [5, 5.41) is 0. The lowest BCUT2D eigenvalue weighted by molar-refractivity contribution is 1.21. The van der Waals surface area contributed by atoms with Gasteiger partial charge in [0.25, 0.3) is 0 Å². The van der Waals surface area contributed by atoms with Gasteiger partial charge in [0.2, 0.25) is 0 Å². The summed E-state index contributed by atoms with van der Waals surface area (Å²) in [6.45, 7) is -4.52. The number of aryl methyl sites for hydroxylation is 2. The van der Waals surface area contributed by atoms with Gasteiger partial charge in [0.15, 0.2) is 0 Å². The topological polar surface area (TPSA) is 25.8 Å². The zero-order chi connectivity index (χ0) is 18.9. The average molecular weight is 266 g/mol. The Kier molecular flexibility index (Phi) is 1.93. The minimum atomic E-state index is -2.30. The highest BCUT2D eigenvalue weighted by molar-refractivity contribution is 5.67. The molecule has 2 heteroatoms. The van der Waals surface area contributed by atoms with Gasteiger partial charge >= 0.3 is 0 Å². The predicted octanol–water partition coefficient (Wildman–Crippen LogP) is 4.43. The normalized spacial score (nSPS) is 16.2. The van der Waals surface area contributed by atoms with Gasteiger partial charge in [-0.15, -0.1) is 0 Å². The van der Waals surface area contributed by atoms with Crippen LogP contribution in [0.4, 0.5) is 0 Å². The molecule has 2 aromatic heterocycles. The van der Waals surface area contributed by atoms with E-state index in [1.807, 2.05) is 18.2 Å². The summed E-state index contributed by atoms with van der Waals surface area (Å²) in [7, 11) is 0. The fourth-order valence-electron chi connectivity index (χ4n) is 1.96. The fraction of sp³-hybridized carbons (Fsp3) is 0.111. The van der Waals surface area contributed by atoms with Crippen molar-refractivity contribution in [2.45, 2.75) is 13.7 Å². The van der Waals surface area contributed by atoms with Crippen LogP contribution in [0.25, 0.3) is 22.6 Å². The highest BCUT2D eigenvalue weighted by Gasteiger charge is 2.07. The Hall–Kier alpha value is -2.48. The zero-order valence-electron chi connectivity index (χ0n) is 16.7. The molecule has 98 valence electrons. The van der Waals surface area contributed by atoms with E-state index in [0.29, 0.717) is 22.6 Å². The van der Waals surface area contributed by atoms with Gasteiger partial charge in [-0.25, -0.2) is 4.98 Å². The zero-order valence-corrected chi connectivity index (χ0v) is 10.7. The van der Waals surface area contributed by atoms with Crippen molar-refractivity contribution in [3.05, 3.63) is 71.9 Å². The molecule has 1 aromatic carbocycles. The van der Waals surface area contributed by atoms with Gasteiger partial charge in [-0.2, -0.15) is 0 Å². The van der Waals surface area contributed by atoms with Gasteiger partial charge in [-0.3, -0.25) is 4.98 Å². The van der Waals surface area contributed by atoms with Crippen LogP contribution in [-0.2, 0) is 0 Å². The van der Waals surface area contributed by atoms with Gasteiger partial charge in [0.05, 0.1) is 17.1 Å². The molecular weight excluding hydrogens is 244 g/mol. The first-order valence-electron chi connectivity index (χ1n) is 9.20. The molecule has 0 spiro atoms. The molecule has 2 heterocycles. The van der Waals surface area contributed by atoms with Crippen molar-refractivity contribution in [1.29, 1.82) is 0 Å². The van der Waals surface area contributed by atoms with Crippen LogP contribution in [0.15, 0.2) is 60.8 Å². The summed E-state index contributed by atoms with van der Waals surface area (Å²) < 4.78 is 45.5. The van der Waals surface area contributed by atoms with E-state index in [9.17, 15) is 0 Å². The summed E-state index contributed by atoms with van der Waals surface area (Å²) in [6, 6.07) is 15.2. The number of hydrogen-bond donors (Lipinski definition) is 0. The summed E-state index contributed by atoms with van der Waals surface area (Å²) in [5.41, 5.74) is 2.32. The first kappa shape index (κ1) is 7.34. The van der Waals surface area contributed by atoms with Crippen molar-refractivity contribution in [2.24, 2.45) is 0 Å². The molecule has 0 atom stereocenters.